The maximum Gasteiger partial charge on any atom is 0.255 e. The van der Waals surface area contributed by atoms with Crippen LogP contribution in [0.15, 0.2) is 278 Å². The van der Waals surface area contributed by atoms with Crippen LogP contribution in [-0.2, 0) is 19.1 Å². The third-order valence-electron chi connectivity index (χ3n) is 15.7. The molecule has 0 unspecified atom stereocenters. The van der Waals surface area contributed by atoms with Gasteiger partial charge in [0.05, 0.1) is 27.4 Å². The first-order chi connectivity index (χ1) is 51.5. The molecule has 8 aromatic carbocycles. The van der Waals surface area contributed by atoms with Crippen molar-refractivity contribution in [3.05, 3.63) is 337 Å². The number of aromatic nitrogens is 6. The number of carbonyl (C=O) groups is 2. The zero-order valence-electron chi connectivity index (χ0n) is 60.7. The Morgan fingerprint density at radius 1 is 0.482 bits per heavy atom. The maximum atomic E-state index is 12.7. The average molecular weight is 1520 g/mol. The summed E-state index contributed by atoms with van der Waals surface area (Å²) in [7, 11) is 25.5. The molecule has 0 aliphatic rings. The Balaban J connectivity index is 0.000000295. The van der Waals surface area contributed by atoms with Gasteiger partial charge in [-0.2, -0.15) is 0 Å². The number of halogens is 3. The van der Waals surface area contributed by atoms with E-state index in [1.165, 1.54) is 18.2 Å². The smallest absolute Gasteiger partial charge is 0.255 e. The molecular formula is C78H75B7Cl3N12O10. The van der Waals surface area contributed by atoms with Crippen LogP contribution in [0.3, 0.4) is 0 Å². The minimum atomic E-state index is -0.537. The number of rotatable bonds is 12. The van der Waals surface area contributed by atoms with E-state index >= 15 is 0 Å². The van der Waals surface area contributed by atoms with E-state index in [1.807, 2.05) is 239 Å². The number of anilines is 9. The number of nitrogens with zero attached hydrogens (tertiary/aromatic N) is 4. The van der Waals surface area contributed by atoms with Crippen LogP contribution in [0.1, 0.15) is 43.0 Å². The van der Waals surface area contributed by atoms with Gasteiger partial charge in [-0.25, -0.2) is 19.6 Å². The summed E-state index contributed by atoms with van der Waals surface area (Å²) in [6, 6.07) is 68.2. The Morgan fingerprint density at radius 2 is 0.818 bits per heavy atom. The summed E-state index contributed by atoms with van der Waals surface area (Å²) in [5, 5.41) is 35.8. The number of nitrogens with one attached hydrogen (secondary N) is 7. The second-order valence-corrected chi connectivity index (χ2v) is 24.5. The average Bonchev–Trinajstić information content (AvgIpc) is 0.819. The molecule has 32 heteroatoms. The molecule has 6 heterocycles. The molecule has 0 bridgehead atoms. The van der Waals surface area contributed by atoms with Crippen LogP contribution in [0, 0.1) is 37.6 Å². The van der Waals surface area contributed by atoms with Gasteiger partial charge in [0, 0.05) is 205 Å². The van der Waals surface area contributed by atoms with Crippen molar-refractivity contribution in [3.63, 3.8) is 0 Å². The first-order valence-corrected chi connectivity index (χ1v) is 33.4. The Kier molecular flexibility index (Phi) is 38.2. The van der Waals surface area contributed by atoms with Crippen LogP contribution < -0.4 is 77.1 Å². The SMILES string of the molecule is C[n+]1ccc(Nc2ccc(NC(=O)c3ccc(N)cc3)cc2)cc1.Cc1ccc2[nH]ccc(=O)c2c1.Cc1ccc2[nH]ccc(=O)c2c1.Cc1ccc2nccc(Cl)c2c1.Cc1ccc2nccc(Nc3ccc(C(=O)Nc4ccc(Nc5cc[n+](C)cc5)cc4)cc3)c2c1.O.O=O.OOO.[B][B]B([B])B([B])[B].[Cl-].[Cl-]. The fraction of sp³-hybridized carbons (Fsp3) is 0.0769. The summed E-state index contributed by atoms with van der Waals surface area (Å²) >= 11 is 5.99. The van der Waals surface area contributed by atoms with Gasteiger partial charge in [-0.1, -0.05) is 63.2 Å². The summed E-state index contributed by atoms with van der Waals surface area (Å²) in [6.07, 6.45) is 13.8. The minimum Gasteiger partial charge on any atom is -1.00 e. The molecule has 14 rings (SSSR count). The predicted molar refractivity (Wildman–Crippen MR) is 445 cm³/mol. The maximum absolute atomic E-state index is 12.7. The lowest BCUT2D eigenvalue weighted by molar-refractivity contribution is -0.671. The largest absolute Gasteiger partial charge is 1.00 e. The molecule has 2 amide bonds. The number of nitrogen functional groups attached to an aromatic ring is 1. The number of amides is 2. The van der Waals surface area contributed by atoms with E-state index in [0.29, 0.717) is 16.8 Å². The molecular weight excluding hydrogens is 1450 g/mol. The minimum absolute atomic E-state index is 0. The number of hydrogen-bond acceptors (Lipinski definition) is 15. The molecule has 9 radical (unpaired) electrons. The topological polar surface area (TPSA) is 335 Å². The monoisotopic (exact) mass is 1520 g/mol. The Labute approximate surface area is 660 Å². The van der Waals surface area contributed by atoms with Crippen LogP contribution in [0.25, 0.3) is 43.6 Å². The number of fused-ring (bicyclic) bond motifs is 4. The molecule has 0 aliphatic heterocycles. The molecule has 0 saturated carbocycles. The number of hydrogen-bond donors (Lipinski definition) is 10. The summed E-state index contributed by atoms with van der Waals surface area (Å²) in [4.78, 5) is 76.2. The Hall–Kier alpha value is -11.8. The lowest BCUT2D eigenvalue weighted by Gasteiger charge is -2.11. The quantitative estimate of drug-likeness (QED) is 0.0203. The van der Waals surface area contributed by atoms with E-state index in [0.717, 1.165) is 105 Å². The van der Waals surface area contributed by atoms with Gasteiger partial charge in [-0.15, -0.1) is 0 Å². The summed E-state index contributed by atoms with van der Waals surface area (Å²) in [5.41, 5.74) is 23.1. The predicted octanol–water partition coefficient (Wildman–Crippen LogP) is 6.60. The van der Waals surface area contributed by atoms with E-state index in [1.54, 1.807) is 61.2 Å². The number of benzene rings is 8. The number of H-pyrrole nitrogens is 2. The van der Waals surface area contributed by atoms with Crippen molar-refractivity contribution in [2.45, 2.75) is 27.7 Å². The fourth-order valence-electron chi connectivity index (χ4n) is 9.97. The highest BCUT2D eigenvalue weighted by Crippen LogP contribution is 2.28. The molecule has 14 aromatic rings. The standard InChI is InChI=1S/C29H25N5O.C19H18N4O.C10H8ClN.2C10H9NO.B7.2ClH.H2O3.O2.H2O/c1-20-3-12-27-26(19-20)28(13-16-30-27)32-23-6-4-21(5-7-23)29(35)33-24-10-8-22(9-11-24)31-25-14-17-34(2)18-15-25;1-23-12-10-18(11-13-23)21-16-6-8-17(9-7-16)22-19(24)14-2-4-15(20)5-3-14;1-7-2-3-10-8(6-7)9(11)4-5-12-10;2*1-7-2-3-9-8(6-7)10(12)4-5-11-9;1-5-7(4)6(2)3;;;1-3-2;1-2;/h3-19H,1-2H3,(H2,30,32,33,35);2-13H,1H3,(H3,20,22,24);2-6H,1H3;2*2-6H,1H3,(H,11,12);;2*1H;1-2H;;1H2. The molecule has 0 fully saturated rings. The van der Waals surface area contributed by atoms with Gasteiger partial charge < -0.3 is 72.6 Å². The summed E-state index contributed by atoms with van der Waals surface area (Å²) in [5.74, 6) is -0.316. The molecule has 6 aromatic heterocycles. The van der Waals surface area contributed by atoms with Gasteiger partial charge >= 0.3 is 0 Å². The van der Waals surface area contributed by atoms with Crippen LogP contribution >= 0.6 is 11.6 Å². The third kappa shape index (κ3) is 28.7. The lowest BCUT2D eigenvalue weighted by Crippen LogP contribution is -3.00. The van der Waals surface area contributed by atoms with Gasteiger partial charge in [0.15, 0.2) is 35.6 Å². The second kappa shape index (κ2) is 46.4. The van der Waals surface area contributed by atoms with Crippen molar-refractivity contribution in [1.82, 2.24) is 19.9 Å². The zero-order chi connectivity index (χ0) is 77.4. The van der Waals surface area contributed by atoms with Crippen molar-refractivity contribution >= 4 is 169 Å². The number of aromatic amines is 2. The van der Waals surface area contributed by atoms with E-state index in [-0.39, 0.29) is 59.3 Å². The second-order valence-electron chi connectivity index (χ2n) is 24.0. The molecule has 0 atom stereocenters. The van der Waals surface area contributed by atoms with Crippen LogP contribution in [0.4, 0.5) is 51.2 Å². The summed E-state index contributed by atoms with van der Waals surface area (Å²) < 4.78 is 3.95. The molecule has 110 heavy (non-hydrogen) atoms. The number of aryl methyl sites for hydroxylation is 6. The highest BCUT2D eigenvalue weighted by molar-refractivity contribution is 7.81. The molecule has 13 N–H and O–H groups in total. The van der Waals surface area contributed by atoms with Crippen LogP contribution in [0.5, 0.6) is 0 Å². The lowest BCUT2D eigenvalue weighted by atomic mass is 8.76. The highest BCUT2D eigenvalue weighted by Gasteiger charge is 2.11. The first kappa shape index (κ1) is 90.6. The van der Waals surface area contributed by atoms with E-state index in [4.69, 9.17) is 68.7 Å². The number of nitrogens with two attached hydrogens (primary N) is 1. The van der Waals surface area contributed by atoms with Crippen molar-refractivity contribution in [3.8, 4) is 0 Å². The Morgan fingerprint density at radius 3 is 1.22 bits per heavy atom. The zero-order valence-corrected chi connectivity index (χ0v) is 63.0. The normalized spacial score (nSPS) is 9.72. The van der Waals surface area contributed by atoms with Crippen molar-refractivity contribution in [1.29, 1.82) is 0 Å². The van der Waals surface area contributed by atoms with Gasteiger partial charge in [-0.3, -0.25) is 29.1 Å². The highest BCUT2D eigenvalue weighted by atomic mass is 35.5. The van der Waals surface area contributed by atoms with Gasteiger partial charge in [-0.05, 0) is 185 Å². The van der Waals surface area contributed by atoms with Gasteiger partial charge in [0.2, 0.25) is 0 Å². The number of pyridine rings is 6. The Bertz CT molecular complexity index is 5240. The van der Waals surface area contributed by atoms with E-state index in [2.05, 4.69) is 70.6 Å². The van der Waals surface area contributed by atoms with Gasteiger partial charge in [0.25, 0.3) is 11.8 Å². The molecule has 549 valence electrons. The third-order valence-corrected chi connectivity index (χ3v) is 16.0. The van der Waals surface area contributed by atoms with Crippen molar-refractivity contribution in [2.24, 2.45) is 14.1 Å². The molecule has 0 spiro atoms. The summed E-state index contributed by atoms with van der Waals surface area (Å²) in [6.45, 7) is 8.07. The molecule has 22 nitrogen and oxygen atoms in total. The van der Waals surface area contributed by atoms with E-state index < -0.39 is 6.39 Å². The van der Waals surface area contributed by atoms with Gasteiger partial charge in [0.1, 0.15) is 14.1 Å². The molecule has 0 saturated heterocycles. The van der Waals surface area contributed by atoms with Crippen molar-refractivity contribution < 1.29 is 64.6 Å². The van der Waals surface area contributed by atoms with Crippen molar-refractivity contribution in [2.75, 3.05) is 32.3 Å². The number of carbonyl (C=O) groups excluding carboxylic acids is 2. The van der Waals surface area contributed by atoms with Crippen LogP contribution in [0.2, 0.25) is 5.02 Å². The fourth-order valence-corrected chi connectivity index (χ4v) is 10.2. The first-order valence-electron chi connectivity index (χ1n) is 33.0. The van der Waals surface area contributed by atoms with E-state index in [9.17, 15) is 19.2 Å². The van der Waals surface area contributed by atoms with Crippen LogP contribution in [-0.4, -0.2) is 98.5 Å². The molecule has 0 aliphatic carbocycles.